The van der Waals surface area contributed by atoms with Gasteiger partial charge in [-0.15, -0.1) is 11.3 Å². The number of aryl methyl sites for hydroxylation is 1. The number of carbonyl (C=O) groups excluding carboxylic acids is 2. The smallest absolute Gasteiger partial charge is 0.359 e. The van der Waals surface area contributed by atoms with Crippen LogP contribution in [0.15, 0.2) is 64.9 Å². The molecule has 0 spiro atoms. The van der Waals surface area contributed by atoms with E-state index in [0.717, 1.165) is 16.0 Å². The molecule has 0 fully saturated rings. The lowest BCUT2D eigenvalue weighted by atomic mass is 10.2. The number of amides is 1. The van der Waals surface area contributed by atoms with Crippen molar-refractivity contribution < 1.29 is 14.3 Å². The van der Waals surface area contributed by atoms with Gasteiger partial charge in [0.25, 0.3) is 11.5 Å². The van der Waals surface area contributed by atoms with Crippen LogP contribution in [0.4, 0.5) is 5.00 Å². The van der Waals surface area contributed by atoms with Crippen LogP contribution < -0.4 is 10.9 Å². The van der Waals surface area contributed by atoms with E-state index < -0.39 is 17.4 Å². The minimum Gasteiger partial charge on any atom is -0.461 e. The van der Waals surface area contributed by atoms with Crippen LogP contribution in [0, 0.1) is 6.92 Å². The standard InChI is InChI=1S/C24H19N5O4S/c1-3-33-24(32)19-16-13-34-22(18(16)23(31)29(27-19)15-9-5-4-6-10-15)26-21(30)20-14(2)25-17-11-7-8-12-28(17)20/h4-13H,3H2,1-2H3,(H,26,30). The van der Waals surface area contributed by atoms with Crippen molar-refractivity contribution in [3.8, 4) is 5.69 Å². The van der Waals surface area contributed by atoms with Crippen molar-refractivity contribution in [2.45, 2.75) is 13.8 Å². The molecule has 4 heterocycles. The van der Waals surface area contributed by atoms with Crippen LogP contribution in [-0.4, -0.2) is 37.6 Å². The molecule has 4 aromatic heterocycles. The first-order valence-corrected chi connectivity index (χ1v) is 11.4. The van der Waals surface area contributed by atoms with Crippen molar-refractivity contribution in [2.24, 2.45) is 0 Å². The number of pyridine rings is 1. The summed E-state index contributed by atoms with van der Waals surface area (Å²) in [5.41, 5.74) is 1.59. The number of carbonyl (C=O) groups is 2. The number of nitrogens with one attached hydrogen (secondary N) is 1. The molecule has 5 rings (SSSR count). The molecule has 170 valence electrons. The van der Waals surface area contributed by atoms with Crippen molar-refractivity contribution in [3.05, 3.63) is 87.5 Å². The van der Waals surface area contributed by atoms with Crippen LogP contribution in [0.2, 0.25) is 0 Å². The van der Waals surface area contributed by atoms with Gasteiger partial charge in [-0.05, 0) is 38.1 Å². The highest BCUT2D eigenvalue weighted by Gasteiger charge is 2.24. The lowest BCUT2D eigenvalue weighted by molar-refractivity contribution is 0.0520. The summed E-state index contributed by atoms with van der Waals surface area (Å²) < 4.78 is 8.01. The monoisotopic (exact) mass is 473 g/mol. The number of thiophene rings is 1. The number of hydrogen-bond donors (Lipinski definition) is 1. The third kappa shape index (κ3) is 3.54. The summed E-state index contributed by atoms with van der Waals surface area (Å²) in [4.78, 5) is 43.8. The maximum Gasteiger partial charge on any atom is 0.359 e. The maximum atomic E-state index is 13.5. The van der Waals surface area contributed by atoms with E-state index in [9.17, 15) is 14.4 Å². The average molecular weight is 474 g/mol. The van der Waals surface area contributed by atoms with Crippen LogP contribution in [-0.2, 0) is 4.74 Å². The van der Waals surface area contributed by atoms with E-state index >= 15 is 0 Å². The predicted molar refractivity (Wildman–Crippen MR) is 129 cm³/mol. The second kappa shape index (κ2) is 8.56. The number of imidazole rings is 1. The van der Waals surface area contributed by atoms with Crippen molar-refractivity contribution in [1.82, 2.24) is 19.2 Å². The number of rotatable bonds is 5. The van der Waals surface area contributed by atoms with Gasteiger partial charge in [-0.1, -0.05) is 24.3 Å². The van der Waals surface area contributed by atoms with Gasteiger partial charge in [-0.2, -0.15) is 9.78 Å². The Morgan fingerprint density at radius 2 is 1.88 bits per heavy atom. The van der Waals surface area contributed by atoms with Gasteiger partial charge in [0.15, 0.2) is 5.69 Å². The Labute approximate surface area is 197 Å². The van der Waals surface area contributed by atoms with E-state index in [1.807, 2.05) is 12.1 Å². The largest absolute Gasteiger partial charge is 0.461 e. The molecule has 0 aliphatic rings. The highest BCUT2D eigenvalue weighted by molar-refractivity contribution is 7.16. The van der Waals surface area contributed by atoms with Crippen LogP contribution in [0.25, 0.3) is 22.1 Å². The van der Waals surface area contributed by atoms with Crippen LogP contribution in [0.1, 0.15) is 33.6 Å². The molecule has 9 nitrogen and oxygen atoms in total. The fourth-order valence-electron chi connectivity index (χ4n) is 3.79. The Balaban J connectivity index is 1.67. The van der Waals surface area contributed by atoms with E-state index in [-0.39, 0.29) is 17.7 Å². The van der Waals surface area contributed by atoms with Crippen LogP contribution in [0.3, 0.4) is 0 Å². The summed E-state index contributed by atoms with van der Waals surface area (Å²) in [6, 6.07) is 14.2. The lowest BCUT2D eigenvalue weighted by Crippen LogP contribution is -2.25. The number of fused-ring (bicyclic) bond motifs is 2. The summed E-state index contributed by atoms with van der Waals surface area (Å²) in [5, 5.41) is 9.59. The molecule has 0 bridgehead atoms. The quantitative estimate of drug-likeness (QED) is 0.389. The number of hydrogen-bond acceptors (Lipinski definition) is 7. The number of nitrogens with zero attached hydrogens (tertiary/aromatic N) is 4. The molecule has 0 saturated carbocycles. The average Bonchev–Trinajstić information content (AvgIpc) is 3.40. The zero-order valence-electron chi connectivity index (χ0n) is 18.3. The molecule has 1 aromatic carbocycles. The molecule has 1 N–H and O–H groups in total. The predicted octanol–water partition coefficient (Wildman–Crippen LogP) is 3.83. The molecule has 10 heteroatoms. The zero-order valence-corrected chi connectivity index (χ0v) is 19.1. The maximum absolute atomic E-state index is 13.5. The van der Waals surface area contributed by atoms with Crippen molar-refractivity contribution in [1.29, 1.82) is 0 Å². The van der Waals surface area contributed by atoms with E-state index in [4.69, 9.17) is 4.74 Å². The second-order valence-corrected chi connectivity index (χ2v) is 8.28. The summed E-state index contributed by atoms with van der Waals surface area (Å²) >= 11 is 1.14. The molecule has 0 aliphatic carbocycles. The molecule has 0 aliphatic heterocycles. The summed E-state index contributed by atoms with van der Waals surface area (Å²) in [6.07, 6.45) is 1.75. The van der Waals surface area contributed by atoms with Gasteiger partial charge in [0, 0.05) is 17.0 Å². The molecule has 34 heavy (non-hydrogen) atoms. The third-order valence-corrected chi connectivity index (χ3v) is 6.16. The van der Waals surface area contributed by atoms with E-state index in [1.54, 1.807) is 66.2 Å². The Morgan fingerprint density at radius 1 is 1.12 bits per heavy atom. The van der Waals surface area contributed by atoms with Gasteiger partial charge in [-0.25, -0.2) is 9.78 Å². The summed E-state index contributed by atoms with van der Waals surface area (Å²) in [7, 11) is 0. The fourth-order valence-corrected chi connectivity index (χ4v) is 4.72. The normalized spacial score (nSPS) is 11.1. The van der Waals surface area contributed by atoms with E-state index in [2.05, 4.69) is 15.4 Å². The number of anilines is 1. The molecule has 0 unspecified atom stereocenters. The molecule has 0 atom stereocenters. The number of esters is 1. The number of benzene rings is 1. The third-order valence-electron chi connectivity index (χ3n) is 5.27. The minimum absolute atomic E-state index is 0.00281. The molecule has 1 amide bonds. The number of ether oxygens (including phenoxy) is 1. The van der Waals surface area contributed by atoms with Crippen molar-refractivity contribution in [3.63, 3.8) is 0 Å². The highest BCUT2D eigenvalue weighted by atomic mass is 32.1. The van der Waals surface area contributed by atoms with Crippen LogP contribution >= 0.6 is 11.3 Å². The second-order valence-electron chi connectivity index (χ2n) is 7.40. The summed E-state index contributed by atoms with van der Waals surface area (Å²) in [6.45, 7) is 3.60. The van der Waals surface area contributed by atoms with E-state index in [1.165, 1.54) is 0 Å². The molecular weight excluding hydrogens is 454 g/mol. The molecule has 0 radical (unpaired) electrons. The first kappa shape index (κ1) is 21.5. The van der Waals surface area contributed by atoms with Crippen LogP contribution in [0.5, 0.6) is 0 Å². The number of para-hydroxylation sites is 1. The topological polar surface area (TPSA) is 108 Å². The first-order chi connectivity index (χ1) is 16.5. The number of aromatic nitrogens is 4. The first-order valence-electron chi connectivity index (χ1n) is 10.5. The van der Waals surface area contributed by atoms with E-state index in [0.29, 0.717) is 33.1 Å². The van der Waals surface area contributed by atoms with Gasteiger partial charge < -0.3 is 10.1 Å². The van der Waals surface area contributed by atoms with Crippen molar-refractivity contribution >= 4 is 44.6 Å². The van der Waals surface area contributed by atoms with Gasteiger partial charge in [-0.3, -0.25) is 14.0 Å². The minimum atomic E-state index is -0.648. The Hall–Kier alpha value is -4.31. The summed E-state index contributed by atoms with van der Waals surface area (Å²) in [5.74, 6) is -1.06. The fraction of sp³-hybridized carbons (Fsp3) is 0.125. The lowest BCUT2D eigenvalue weighted by Gasteiger charge is -2.10. The van der Waals surface area contributed by atoms with Gasteiger partial charge in [0.1, 0.15) is 16.3 Å². The Kier molecular flexibility index (Phi) is 5.42. The van der Waals surface area contributed by atoms with Gasteiger partial charge in [0.05, 0.1) is 23.4 Å². The SMILES string of the molecule is CCOC(=O)c1nn(-c2ccccc2)c(=O)c2c(NC(=O)c3c(C)nc4ccccn34)scc12. The highest BCUT2D eigenvalue weighted by Crippen LogP contribution is 2.31. The Morgan fingerprint density at radius 3 is 2.65 bits per heavy atom. The van der Waals surface area contributed by atoms with Crippen molar-refractivity contribution in [2.75, 3.05) is 11.9 Å². The van der Waals surface area contributed by atoms with Gasteiger partial charge >= 0.3 is 5.97 Å². The molecular formula is C24H19N5O4S. The molecule has 0 saturated heterocycles. The zero-order chi connectivity index (χ0) is 23.8. The Bertz CT molecular complexity index is 1620. The molecule has 5 aromatic rings. The van der Waals surface area contributed by atoms with Gasteiger partial charge in [0.2, 0.25) is 0 Å².